The molecule has 1 aromatic carbocycles. The average Bonchev–Trinajstić information content (AvgIpc) is 2.83. The number of rotatable bonds is 5. The largest absolute Gasteiger partial charge is 0.494 e. The lowest BCUT2D eigenvalue weighted by Crippen LogP contribution is -2.28. The van der Waals surface area contributed by atoms with Crippen LogP contribution in [0.5, 0.6) is 11.6 Å². The van der Waals surface area contributed by atoms with Gasteiger partial charge in [-0.05, 0) is 38.5 Å². The second kappa shape index (κ2) is 7.52. The minimum Gasteiger partial charge on any atom is -0.494 e. The number of thiazole rings is 1. The number of hydrogen-bond donors (Lipinski definition) is 2. The van der Waals surface area contributed by atoms with Gasteiger partial charge in [0.05, 0.1) is 10.3 Å². The van der Waals surface area contributed by atoms with Crippen molar-refractivity contribution in [3.05, 3.63) is 44.4 Å². The Hall–Kier alpha value is -2.61. The number of carbonyl (C=O) groups is 2. The molecule has 7 nitrogen and oxygen atoms in total. The summed E-state index contributed by atoms with van der Waals surface area (Å²) < 4.78 is 9.98. The van der Waals surface area contributed by atoms with E-state index in [-0.39, 0.29) is 17.4 Å². The zero-order valence-corrected chi connectivity index (χ0v) is 14.9. The van der Waals surface area contributed by atoms with Gasteiger partial charge in [0.1, 0.15) is 5.75 Å². The molecule has 0 unspecified atom stereocenters. The number of hydrogen-bond acceptors (Lipinski definition) is 7. The second-order valence-electron chi connectivity index (χ2n) is 6.41. The van der Waals surface area contributed by atoms with E-state index in [1.807, 2.05) is 0 Å². The Kier molecular flexibility index (Phi) is 5.63. The highest BCUT2D eigenvalue weighted by Crippen LogP contribution is 2.22. The summed E-state index contributed by atoms with van der Waals surface area (Å²) >= 11 is 0.950. The lowest BCUT2D eigenvalue weighted by molar-refractivity contribution is -0.166. The highest BCUT2D eigenvalue weighted by Gasteiger charge is 2.25. The first-order chi connectivity index (χ1) is 11.6. The predicted molar refractivity (Wildman–Crippen MR) is 91.9 cm³/mol. The third kappa shape index (κ3) is 5.46. The van der Waals surface area contributed by atoms with Crippen molar-refractivity contribution in [2.24, 2.45) is 5.41 Å². The van der Waals surface area contributed by atoms with Crippen molar-refractivity contribution >= 4 is 23.3 Å². The molecule has 1 heterocycles. The summed E-state index contributed by atoms with van der Waals surface area (Å²) in [5.41, 5.74) is 0.106. The molecule has 2 N–H and O–H groups in total. The number of carbonyl (C=O) groups excluding carboxylic acids is 2. The third-order valence-electron chi connectivity index (χ3n) is 3.16. The molecule has 25 heavy (non-hydrogen) atoms. The molecule has 0 aliphatic heterocycles. The number of aromatic nitrogens is 1. The van der Waals surface area contributed by atoms with E-state index in [9.17, 15) is 19.5 Å². The van der Waals surface area contributed by atoms with Gasteiger partial charge in [0.15, 0.2) is 6.61 Å². The number of nitrogens with one attached hydrogen (secondary N) is 1. The number of benzene rings is 1. The molecule has 2 rings (SSSR count). The number of aromatic amines is 1. The molecule has 0 aliphatic carbocycles. The summed E-state index contributed by atoms with van der Waals surface area (Å²) in [6.07, 6.45) is 0.400. The van der Waals surface area contributed by atoms with Gasteiger partial charge in [0, 0.05) is 6.42 Å². The van der Waals surface area contributed by atoms with Crippen molar-refractivity contribution in [3.63, 3.8) is 0 Å². The molecule has 0 fully saturated rings. The van der Waals surface area contributed by atoms with E-state index >= 15 is 0 Å². The van der Waals surface area contributed by atoms with Gasteiger partial charge in [-0.25, -0.2) is 4.79 Å². The van der Waals surface area contributed by atoms with Gasteiger partial charge < -0.3 is 14.6 Å². The summed E-state index contributed by atoms with van der Waals surface area (Å²) in [6, 6.07) is 6.82. The summed E-state index contributed by atoms with van der Waals surface area (Å²) in [6.45, 7) is 4.59. The highest BCUT2D eigenvalue weighted by molar-refractivity contribution is 7.09. The summed E-state index contributed by atoms with van der Waals surface area (Å²) in [4.78, 5) is 36.9. The molecular weight excluding hydrogens is 346 g/mol. The van der Waals surface area contributed by atoms with Crippen molar-refractivity contribution in [2.45, 2.75) is 27.2 Å². The molecule has 2 aromatic rings. The topological polar surface area (TPSA) is 106 Å². The molecule has 0 aliphatic rings. The molecule has 0 spiro atoms. The Morgan fingerprint density at radius 3 is 2.36 bits per heavy atom. The van der Waals surface area contributed by atoms with Crippen molar-refractivity contribution in [2.75, 3.05) is 6.61 Å². The number of esters is 2. The van der Waals surface area contributed by atoms with Crippen LogP contribution in [0.2, 0.25) is 0 Å². The van der Waals surface area contributed by atoms with Crippen molar-refractivity contribution in [1.82, 2.24) is 4.98 Å². The van der Waals surface area contributed by atoms with Gasteiger partial charge in [-0.2, -0.15) is 0 Å². The zero-order chi connectivity index (χ0) is 18.6. The molecule has 1 aromatic heterocycles. The van der Waals surface area contributed by atoms with Gasteiger partial charge in [0.25, 0.3) is 0 Å². The third-order valence-corrected chi connectivity index (χ3v) is 4.04. The quantitative estimate of drug-likeness (QED) is 0.622. The Labute approximate surface area is 148 Å². The summed E-state index contributed by atoms with van der Waals surface area (Å²) in [7, 11) is 0. The van der Waals surface area contributed by atoms with Crippen LogP contribution in [0.25, 0.3) is 0 Å². The predicted octanol–water partition coefficient (Wildman–Crippen LogP) is 2.23. The molecule has 0 bridgehead atoms. The van der Waals surface area contributed by atoms with Gasteiger partial charge in [-0.3, -0.25) is 14.6 Å². The molecule has 0 atom stereocenters. The van der Waals surface area contributed by atoms with Gasteiger partial charge in [0.2, 0.25) is 5.88 Å². The molecular formula is C17H19NO6S. The fourth-order valence-corrected chi connectivity index (χ4v) is 2.55. The first-order valence-electron chi connectivity index (χ1n) is 7.53. The highest BCUT2D eigenvalue weighted by atomic mass is 32.1. The van der Waals surface area contributed by atoms with Crippen molar-refractivity contribution in [3.8, 4) is 11.6 Å². The van der Waals surface area contributed by atoms with E-state index in [2.05, 4.69) is 4.98 Å². The molecule has 0 saturated carbocycles. The van der Waals surface area contributed by atoms with Gasteiger partial charge in [-0.1, -0.05) is 23.5 Å². The van der Waals surface area contributed by atoms with E-state index in [0.717, 1.165) is 16.9 Å². The smallest absolute Gasteiger partial charge is 0.351 e. The van der Waals surface area contributed by atoms with Crippen molar-refractivity contribution in [1.29, 1.82) is 0 Å². The van der Waals surface area contributed by atoms with E-state index < -0.39 is 17.4 Å². The van der Waals surface area contributed by atoms with Crippen LogP contribution in [0.3, 0.4) is 0 Å². The Balaban J connectivity index is 1.88. The van der Waals surface area contributed by atoms with Gasteiger partial charge in [-0.15, -0.1) is 0 Å². The second-order valence-corrected chi connectivity index (χ2v) is 7.47. The number of ether oxygens (including phenoxy) is 2. The SMILES string of the molecule is CC(C)(C)C(=O)OC(=O)COc1ccc(Cc2sc(=O)[nH]c2O)cc1. The Morgan fingerprint density at radius 2 is 1.84 bits per heavy atom. The van der Waals surface area contributed by atoms with E-state index in [4.69, 9.17) is 9.47 Å². The van der Waals surface area contributed by atoms with Crippen LogP contribution in [0.1, 0.15) is 31.2 Å². The van der Waals surface area contributed by atoms with E-state index in [1.165, 1.54) is 0 Å². The molecule has 8 heteroatoms. The van der Waals surface area contributed by atoms with Crippen LogP contribution in [-0.4, -0.2) is 28.6 Å². The monoisotopic (exact) mass is 365 g/mol. The maximum atomic E-state index is 11.6. The molecule has 0 saturated heterocycles. The minimum atomic E-state index is -0.758. The van der Waals surface area contributed by atoms with Crippen LogP contribution in [0, 0.1) is 5.41 Å². The van der Waals surface area contributed by atoms with Crippen LogP contribution >= 0.6 is 11.3 Å². The number of aromatic hydroxyl groups is 1. The minimum absolute atomic E-state index is 0.124. The molecule has 134 valence electrons. The Bertz CT molecular complexity index is 813. The maximum absolute atomic E-state index is 11.6. The van der Waals surface area contributed by atoms with E-state index in [0.29, 0.717) is 17.0 Å². The first-order valence-corrected chi connectivity index (χ1v) is 8.34. The Morgan fingerprint density at radius 1 is 1.20 bits per heavy atom. The lowest BCUT2D eigenvalue weighted by atomic mass is 9.97. The average molecular weight is 365 g/mol. The maximum Gasteiger partial charge on any atom is 0.351 e. The summed E-state index contributed by atoms with van der Waals surface area (Å²) in [5.74, 6) is -1.05. The standard InChI is InChI=1S/C17H19NO6S/c1-17(2,3)15(21)24-13(19)9-23-11-6-4-10(5-7-11)8-12-14(20)18-16(22)25-12/h4-7,20H,8-9H2,1-3H3,(H,18,22). The van der Waals surface area contributed by atoms with Crippen LogP contribution < -0.4 is 9.61 Å². The van der Waals surface area contributed by atoms with Crippen LogP contribution in [0.4, 0.5) is 0 Å². The number of H-pyrrole nitrogens is 1. The fraction of sp³-hybridized carbons (Fsp3) is 0.353. The molecule has 0 amide bonds. The molecule has 0 radical (unpaired) electrons. The van der Waals surface area contributed by atoms with Gasteiger partial charge >= 0.3 is 16.8 Å². The normalized spacial score (nSPS) is 11.2. The van der Waals surface area contributed by atoms with E-state index in [1.54, 1.807) is 45.0 Å². The lowest BCUT2D eigenvalue weighted by Gasteiger charge is -2.15. The van der Waals surface area contributed by atoms with Crippen molar-refractivity contribution < 1.29 is 24.2 Å². The first kappa shape index (κ1) is 18.7. The zero-order valence-electron chi connectivity index (χ0n) is 14.1. The summed E-state index contributed by atoms with van der Waals surface area (Å²) in [5, 5.41) is 9.57. The van der Waals surface area contributed by atoms with Crippen LogP contribution in [0.15, 0.2) is 29.1 Å². The fourth-order valence-electron chi connectivity index (χ4n) is 1.79. The van der Waals surface area contributed by atoms with Crippen LogP contribution in [-0.2, 0) is 20.7 Å².